The van der Waals surface area contributed by atoms with Gasteiger partial charge in [-0.15, -0.1) is 10.2 Å². The van der Waals surface area contributed by atoms with Crippen LogP contribution in [0.5, 0.6) is 5.75 Å². The number of halogens is 1. The highest BCUT2D eigenvalue weighted by molar-refractivity contribution is 6.32. The molecule has 0 amide bonds. The third kappa shape index (κ3) is 4.81. The Balaban J connectivity index is 1.67. The van der Waals surface area contributed by atoms with Gasteiger partial charge in [-0.2, -0.15) is 5.10 Å². The lowest BCUT2D eigenvalue weighted by Crippen LogP contribution is -2.13. The second-order valence-electron chi connectivity index (χ2n) is 7.45. The largest absolute Gasteiger partial charge is 0.495 e. The van der Waals surface area contributed by atoms with Crippen molar-refractivity contribution in [2.75, 3.05) is 30.9 Å². The molecule has 0 unspecified atom stereocenters. The fourth-order valence-electron chi connectivity index (χ4n) is 3.67. The van der Waals surface area contributed by atoms with Crippen LogP contribution in [0.1, 0.15) is 25.8 Å². The molecule has 0 aliphatic rings. The standard InChI is InChI=1S/C23H26ClN7O3/c1-4-31-23-16(13-28-31)20-15(12-27-23)21(25-9-8-19(32)34-5-2)29-30-22(20)26-11-14-6-7-18(33-3)17(24)10-14/h6-7,10,12-13H,4-5,8-9,11H2,1-3H3,(H,25,29)(H,26,30). The molecule has 0 radical (unpaired) electrons. The maximum absolute atomic E-state index is 11.7. The van der Waals surface area contributed by atoms with E-state index in [-0.39, 0.29) is 12.4 Å². The summed E-state index contributed by atoms with van der Waals surface area (Å²) in [6.45, 7) is 5.69. The fourth-order valence-corrected chi connectivity index (χ4v) is 3.95. The van der Waals surface area contributed by atoms with Gasteiger partial charge < -0.3 is 20.1 Å². The summed E-state index contributed by atoms with van der Waals surface area (Å²) in [5, 5.41) is 22.8. The molecule has 2 N–H and O–H groups in total. The van der Waals surface area contributed by atoms with Gasteiger partial charge in [-0.3, -0.25) is 4.79 Å². The van der Waals surface area contributed by atoms with E-state index in [0.717, 1.165) is 27.4 Å². The number of methoxy groups -OCH3 is 1. The minimum Gasteiger partial charge on any atom is -0.495 e. The predicted molar refractivity (Wildman–Crippen MR) is 131 cm³/mol. The molecule has 3 heterocycles. The second-order valence-corrected chi connectivity index (χ2v) is 7.85. The predicted octanol–water partition coefficient (Wildman–Crippen LogP) is 4.03. The number of pyridine rings is 1. The van der Waals surface area contributed by atoms with Gasteiger partial charge in [0, 0.05) is 36.6 Å². The van der Waals surface area contributed by atoms with Gasteiger partial charge in [0.2, 0.25) is 0 Å². The minimum atomic E-state index is -0.270. The van der Waals surface area contributed by atoms with Gasteiger partial charge in [-0.05, 0) is 31.5 Å². The van der Waals surface area contributed by atoms with E-state index in [0.29, 0.717) is 48.6 Å². The van der Waals surface area contributed by atoms with Crippen LogP contribution in [0.25, 0.3) is 21.8 Å². The first-order valence-electron chi connectivity index (χ1n) is 11.0. The Morgan fingerprint density at radius 1 is 1.12 bits per heavy atom. The van der Waals surface area contributed by atoms with E-state index in [9.17, 15) is 4.79 Å². The first kappa shape index (κ1) is 23.5. The van der Waals surface area contributed by atoms with E-state index in [1.807, 2.05) is 29.8 Å². The van der Waals surface area contributed by atoms with Crippen molar-refractivity contribution in [1.29, 1.82) is 0 Å². The number of hydrogen-bond acceptors (Lipinski definition) is 9. The summed E-state index contributed by atoms with van der Waals surface area (Å²) in [7, 11) is 1.58. The average Bonchev–Trinajstić information content (AvgIpc) is 3.27. The summed E-state index contributed by atoms with van der Waals surface area (Å²) >= 11 is 6.27. The van der Waals surface area contributed by atoms with Crippen LogP contribution in [-0.4, -0.2) is 51.2 Å². The van der Waals surface area contributed by atoms with Gasteiger partial charge in [-0.25, -0.2) is 9.67 Å². The van der Waals surface area contributed by atoms with Gasteiger partial charge in [0.05, 0.1) is 36.7 Å². The van der Waals surface area contributed by atoms with Crippen LogP contribution >= 0.6 is 11.6 Å². The molecular weight excluding hydrogens is 458 g/mol. The molecule has 0 spiro atoms. The third-order valence-electron chi connectivity index (χ3n) is 5.31. The highest BCUT2D eigenvalue weighted by atomic mass is 35.5. The first-order chi connectivity index (χ1) is 16.5. The molecule has 0 saturated heterocycles. The maximum Gasteiger partial charge on any atom is 0.307 e. The van der Waals surface area contributed by atoms with Gasteiger partial charge in [0.25, 0.3) is 0 Å². The highest BCUT2D eigenvalue weighted by Crippen LogP contribution is 2.32. The normalized spacial score (nSPS) is 11.1. The van der Waals surface area contributed by atoms with Crippen molar-refractivity contribution in [3.63, 3.8) is 0 Å². The number of ether oxygens (including phenoxy) is 2. The zero-order chi connectivity index (χ0) is 24.1. The number of benzene rings is 1. The van der Waals surface area contributed by atoms with E-state index < -0.39 is 0 Å². The summed E-state index contributed by atoms with van der Waals surface area (Å²) in [6.07, 6.45) is 3.76. The molecule has 0 atom stereocenters. The van der Waals surface area contributed by atoms with Crippen molar-refractivity contribution in [3.05, 3.63) is 41.2 Å². The SMILES string of the molecule is CCOC(=O)CCNc1nnc(NCc2ccc(OC)c(Cl)c2)c2c1cnc1c2cnn1CC. The summed E-state index contributed by atoms with van der Waals surface area (Å²) in [5.41, 5.74) is 1.72. The van der Waals surface area contributed by atoms with E-state index in [4.69, 9.17) is 21.1 Å². The molecule has 10 nitrogen and oxygen atoms in total. The number of anilines is 2. The van der Waals surface area contributed by atoms with Crippen LogP contribution in [0.2, 0.25) is 5.02 Å². The van der Waals surface area contributed by atoms with Crippen LogP contribution in [0, 0.1) is 0 Å². The number of nitrogens with zero attached hydrogens (tertiary/aromatic N) is 5. The van der Waals surface area contributed by atoms with Crippen molar-refractivity contribution in [3.8, 4) is 5.75 Å². The number of rotatable bonds is 10. The van der Waals surface area contributed by atoms with E-state index >= 15 is 0 Å². The lowest BCUT2D eigenvalue weighted by molar-refractivity contribution is -0.142. The zero-order valence-corrected chi connectivity index (χ0v) is 20.0. The Morgan fingerprint density at radius 2 is 1.94 bits per heavy atom. The summed E-state index contributed by atoms with van der Waals surface area (Å²) < 4.78 is 12.0. The minimum absolute atomic E-state index is 0.221. The monoisotopic (exact) mass is 483 g/mol. The van der Waals surface area contributed by atoms with Crippen molar-refractivity contribution >= 4 is 51.0 Å². The molecule has 0 aliphatic heterocycles. The van der Waals surface area contributed by atoms with Gasteiger partial charge >= 0.3 is 5.97 Å². The number of fused-ring (bicyclic) bond motifs is 3. The number of aromatic nitrogens is 5. The average molecular weight is 484 g/mol. The molecule has 34 heavy (non-hydrogen) atoms. The Hall–Kier alpha value is -3.66. The third-order valence-corrected chi connectivity index (χ3v) is 5.61. The maximum atomic E-state index is 11.7. The summed E-state index contributed by atoms with van der Waals surface area (Å²) in [5.74, 6) is 1.49. The smallest absolute Gasteiger partial charge is 0.307 e. The van der Waals surface area contributed by atoms with Gasteiger partial charge in [0.15, 0.2) is 17.3 Å². The van der Waals surface area contributed by atoms with Crippen molar-refractivity contribution < 1.29 is 14.3 Å². The molecule has 0 bridgehead atoms. The number of aryl methyl sites for hydroxylation is 1. The number of carbonyl (C=O) groups is 1. The zero-order valence-electron chi connectivity index (χ0n) is 19.3. The Kier molecular flexibility index (Phi) is 7.27. The molecule has 0 fully saturated rings. The summed E-state index contributed by atoms with van der Waals surface area (Å²) in [4.78, 5) is 16.3. The first-order valence-corrected chi connectivity index (χ1v) is 11.4. The fraction of sp³-hybridized carbons (Fsp3) is 0.348. The lowest BCUT2D eigenvalue weighted by atomic mass is 10.1. The van der Waals surface area contributed by atoms with E-state index in [1.165, 1.54) is 0 Å². The van der Waals surface area contributed by atoms with Gasteiger partial charge in [0.1, 0.15) is 5.75 Å². The number of carbonyl (C=O) groups excluding carboxylic acids is 1. The molecule has 11 heteroatoms. The second kappa shape index (κ2) is 10.5. The van der Waals surface area contributed by atoms with Crippen LogP contribution in [0.3, 0.4) is 0 Å². The lowest BCUT2D eigenvalue weighted by Gasteiger charge is -2.13. The van der Waals surface area contributed by atoms with Crippen molar-refractivity contribution in [2.24, 2.45) is 0 Å². The van der Waals surface area contributed by atoms with Crippen LogP contribution in [0.15, 0.2) is 30.6 Å². The van der Waals surface area contributed by atoms with Crippen LogP contribution < -0.4 is 15.4 Å². The quantitative estimate of drug-likeness (QED) is 0.322. The van der Waals surface area contributed by atoms with Crippen molar-refractivity contribution in [2.45, 2.75) is 33.4 Å². The van der Waals surface area contributed by atoms with Crippen LogP contribution in [0.4, 0.5) is 11.6 Å². The molecule has 0 saturated carbocycles. The number of hydrogen-bond donors (Lipinski definition) is 2. The Morgan fingerprint density at radius 3 is 2.68 bits per heavy atom. The van der Waals surface area contributed by atoms with E-state index in [2.05, 4.69) is 30.9 Å². The summed E-state index contributed by atoms with van der Waals surface area (Å²) in [6, 6.07) is 5.61. The highest BCUT2D eigenvalue weighted by Gasteiger charge is 2.16. The molecule has 4 rings (SSSR count). The topological polar surface area (TPSA) is 116 Å². The molecular formula is C23H26ClN7O3. The number of nitrogens with one attached hydrogen (secondary N) is 2. The molecule has 3 aromatic heterocycles. The van der Waals surface area contributed by atoms with E-state index in [1.54, 1.807) is 26.4 Å². The van der Waals surface area contributed by atoms with Crippen LogP contribution in [-0.2, 0) is 22.6 Å². The Labute approximate surface area is 201 Å². The molecule has 0 aliphatic carbocycles. The Bertz CT molecular complexity index is 1330. The van der Waals surface area contributed by atoms with Crippen molar-refractivity contribution in [1.82, 2.24) is 25.0 Å². The van der Waals surface area contributed by atoms with Gasteiger partial charge in [-0.1, -0.05) is 17.7 Å². The molecule has 1 aromatic carbocycles. The molecule has 178 valence electrons. The molecule has 4 aromatic rings. The number of esters is 1.